The van der Waals surface area contributed by atoms with Crippen molar-refractivity contribution in [3.8, 4) is 0 Å². The molecule has 160 valence electrons. The number of benzene rings is 1. The van der Waals surface area contributed by atoms with E-state index in [4.69, 9.17) is 9.47 Å². The van der Waals surface area contributed by atoms with Gasteiger partial charge in [-0.25, -0.2) is 9.59 Å². The highest BCUT2D eigenvalue weighted by atomic mass is 16.5. The van der Waals surface area contributed by atoms with Crippen LogP contribution in [0.15, 0.2) is 60.0 Å². The molecule has 0 aromatic heterocycles. The molecule has 7 nitrogen and oxygen atoms in total. The normalized spacial score (nSPS) is 17.8. The van der Waals surface area contributed by atoms with Gasteiger partial charge in [-0.3, -0.25) is 0 Å². The molecule has 0 aliphatic carbocycles. The number of likely N-dealkylation sites (tertiary alicyclic amines) is 1. The number of allylic oxidation sites excluding steroid dienone is 2. The molecule has 0 bridgehead atoms. The molecule has 30 heavy (non-hydrogen) atoms. The van der Waals surface area contributed by atoms with Crippen molar-refractivity contribution < 1.29 is 19.1 Å². The van der Waals surface area contributed by atoms with Crippen molar-refractivity contribution in [3.63, 3.8) is 0 Å². The number of carbonyl (C=O) groups is 2. The predicted molar refractivity (Wildman–Crippen MR) is 116 cm³/mol. The van der Waals surface area contributed by atoms with E-state index in [2.05, 4.69) is 17.3 Å². The topological polar surface area (TPSA) is 71.1 Å². The van der Waals surface area contributed by atoms with Crippen LogP contribution in [-0.2, 0) is 25.6 Å². The molecule has 2 aliphatic rings. The fourth-order valence-electron chi connectivity index (χ4n) is 3.61. The summed E-state index contributed by atoms with van der Waals surface area (Å²) in [6.45, 7) is 3.04. The highest BCUT2D eigenvalue weighted by molar-refractivity contribution is 6.05. The Morgan fingerprint density at radius 1 is 1.03 bits per heavy atom. The Hall–Kier alpha value is -2.90. The van der Waals surface area contributed by atoms with E-state index < -0.39 is 11.9 Å². The van der Waals surface area contributed by atoms with E-state index in [1.54, 1.807) is 29.3 Å². The Kier molecular flexibility index (Phi) is 7.43. The van der Waals surface area contributed by atoms with E-state index in [1.165, 1.54) is 14.2 Å². The number of ether oxygens (including phenoxy) is 2. The average molecular weight is 412 g/mol. The third-order valence-corrected chi connectivity index (χ3v) is 5.42. The van der Waals surface area contributed by atoms with E-state index >= 15 is 0 Å². The van der Waals surface area contributed by atoms with Crippen LogP contribution in [0.2, 0.25) is 0 Å². The molecule has 0 spiro atoms. The molecule has 0 saturated carbocycles. The van der Waals surface area contributed by atoms with Gasteiger partial charge >= 0.3 is 11.9 Å². The second-order valence-corrected chi connectivity index (χ2v) is 7.44. The number of anilines is 1. The first kappa shape index (κ1) is 21.8. The number of nitrogens with zero attached hydrogens (tertiary/aromatic N) is 2. The summed E-state index contributed by atoms with van der Waals surface area (Å²) >= 11 is 0. The zero-order valence-corrected chi connectivity index (χ0v) is 17.8. The summed E-state index contributed by atoms with van der Waals surface area (Å²) in [5.74, 6) is -1.21. The van der Waals surface area contributed by atoms with Gasteiger partial charge in [0, 0.05) is 24.5 Å². The zero-order valence-electron chi connectivity index (χ0n) is 17.8. The number of esters is 2. The molecule has 0 radical (unpaired) electrons. The molecular formula is C23H29N3O4. The molecule has 1 aromatic rings. The van der Waals surface area contributed by atoms with Crippen molar-refractivity contribution in [2.45, 2.75) is 25.4 Å². The minimum atomic E-state index is -0.611. The quantitative estimate of drug-likeness (QED) is 0.721. The molecule has 1 saturated heterocycles. The van der Waals surface area contributed by atoms with Crippen molar-refractivity contribution in [1.29, 1.82) is 0 Å². The SMILES string of the molecule is COC(=O)C1=C(C(=O)OC)N(c2ccc(CNC3CCN(C)CC3)cc2)C=CC=C1. The molecule has 0 unspecified atom stereocenters. The van der Waals surface area contributed by atoms with E-state index in [0.717, 1.165) is 43.7 Å². The monoisotopic (exact) mass is 411 g/mol. The molecule has 1 N–H and O–H groups in total. The van der Waals surface area contributed by atoms with Gasteiger partial charge in [0.25, 0.3) is 0 Å². The maximum absolute atomic E-state index is 12.5. The van der Waals surface area contributed by atoms with E-state index in [-0.39, 0.29) is 11.3 Å². The van der Waals surface area contributed by atoms with E-state index in [1.807, 2.05) is 24.3 Å². The summed E-state index contributed by atoms with van der Waals surface area (Å²) in [6, 6.07) is 8.45. The van der Waals surface area contributed by atoms with Gasteiger partial charge in [0.1, 0.15) is 5.70 Å². The van der Waals surface area contributed by atoms with Crippen LogP contribution in [0.4, 0.5) is 5.69 Å². The van der Waals surface area contributed by atoms with Crippen molar-refractivity contribution in [3.05, 3.63) is 65.5 Å². The lowest BCUT2D eigenvalue weighted by atomic mass is 10.0. The van der Waals surface area contributed by atoms with Gasteiger partial charge in [-0.05, 0) is 62.8 Å². The van der Waals surface area contributed by atoms with Gasteiger partial charge in [0.15, 0.2) is 0 Å². The van der Waals surface area contributed by atoms with Crippen LogP contribution >= 0.6 is 0 Å². The smallest absolute Gasteiger partial charge is 0.355 e. The molecule has 3 rings (SSSR count). The summed E-state index contributed by atoms with van der Waals surface area (Å²) in [5.41, 5.74) is 2.17. The highest BCUT2D eigenvalue weighted by Crippen LogP contribution is 2.26. The molecule has 1 aromatic carbocycles. The highest BCUT2D eigenvalue weighted by Gasteiger charge is 2.27. The fraction of sp³-hybridized carbons (Fsp3) is 0.391. The van der Waals surface area contributed by atoms with Gasteiger partial charge in [-0.2, -0.15) is 0 Å². The van der Waals surface area contributed by atoms with Crippen LogP contribution < -0.4 is 10.2 Å². The lowest BCUT2D eigenvalue weighted by molar-refractivity contribution is -0.139. The summed E-state index contributed by atoms with van der Waals surface area (Å²) < 4.78 is 9.78. The molecule has 0 amide bonds. The van der Waals surface area contributed by atoms with Crippen LogP contribution in [0.5, 0.6) is 0 Å². The third-order valence-electron chi connectivity index (χ3n) is 5.42. The Balaban J connectivity index is 1.77. The summed E-state index contributed by atoms with van der Waals surface area (Å²) in [5, 5.41) is 3.62. The van der Waals surface area contributed by atoms with Crippen LogP contribution in [0.25, 0.3) is 0 Å². The van der Waals surface area contributed by atoms with Gasteiger partial charge in [0.2, 0.25) is 0 Å². The van der Waals surface area contributed by atoms with Crippen LogP contribution in [0.1, 0.15) is 18.4 Å². The van der Waals surface area contributed by atoms with Gasteiger partial charge in [-0.15, -0.1) is 0 Å². The predicted octanol–water partition coefficient (Wildman–Crippen LogP) is 2.36. The van der Waals surface area contributed by atoms with Crippen LogP contribution in [-0.4, -0.2) is 57.2 Å². The summed E-state index contributed by atoms with van der Waals surface area (Å²) in [7, 11) is 4.73. The fourth-order valence-corrected chi connectivity index (χ4v) is 3.61. The minimum absolute atomic E-state index is 0.117. The Morgan fingerprint density at radius 2 is 1.70 bits per heavy atom. The van der Waals surface area contributed by atoms with Crippen LogP contribution in [0.3, 0.4) is 0 Å². The Bertz CT molecular complexity index is 850. The van der Waals surface area contributed by atoms with Crippen molar-refractivity contribution in [2.75, 3.05) is 39.3 Å². The molecular weight excluding hydrogens is 382 g/mol. The summed E-state index contributed by atoms with van der Waals surface area (Å²) in [4.78, 5) is 28.7. The first-order valence-electron chi connectivity index (χ1n) is 10.1. The van der Waals surface area contributed by atoms with Gasteiger partial charge in [-0.1, -0.05) is 18.2 Å². The Labute approximate surface area is 177 Å². The number of hydrogen-bond donors (Lipinski definition) is 1. The van der Waals surface area contributed by atoms with Crippen molar-refractivity contribution in [1.82, 2.24) is 10.2 Å². The van der Waals surface area contributed by atoms with E-state index in [9.17, 15) is 9.59 Å². The van der Waals surface area contributed by atoms with Gasteiger partial charge in [0.05, 0.1) is 19.8 Å². The molecule has 0 atom stereocenters. The maximum Gasteiger partial charge on any atom is 0.355 e. The Morgan fingerprint density at radius 3 is 2.33 bits per heavy atom. The first-order chi connectivity index (χ1) is 14.5. The molecule has 2 aliphatic heterocycles. The van der Waals surface area contributed by atoms with Crippen molar-refractivity contribution in [2.24, 2.45) is 0 Å². The first-order valence-corrected chi connectivity index (χ1v) is 10.1. The molecule has 1 fully saturated rings. The maximum atomic E-state index is 12.5. The number of rotatable bonds is 6. The molecule has 2 heterocycles. The lowest BCUT2D eigenvalue weighted by Crippen LogP contribution is -2.40. The summed E-state index contributed by atoms with van der Waals surface area (Å²) in [6.07, 6.45) is 9.04. The second-order valence-electron chi connectivity index (χ2n) is 7.44. The number of piperidine rings is 1. The zero-order chi connectivity index (χ0) is 21.5. The number of carbonyl (C=O) groups excluding carboxylic acids is 2. The average Bonchev–Trinajstić information content (AvgIpc) is 3.01. The second kappa shape index (κ2) is 10.2. The van der Waals surface area contributed by atoms with Gasteiger partial charge < -0.3 is 24.6 Å². The van der Waals surface area contributed by atoms with E-state index in [0.29, 0.717) is 6.04 Å². The molecule has 7 heteroatoms. The number of methoxy groups -OCH3 is 2. The lowest BCUT2D eigenvalue weighted by Gasteiger charge is -2.29. The van der Waals surface area contributed by atoms with Crippen molar-refractivity contribution >= 4 is 17.6 Å². The standard InChI is InChI=1S/C23H29N3O4/c1-25-14-11-18(12-15-25)24-16-17-7-9-19(10-8-17)26-13-5-4-6-20(22(27)29-2)21(26)23(28)30-3/h4-10,13,18,24H,11-12,14-16H2,1-3H3. The number of nitrogens with one attached hydrogen (secondary N) is 1. The minimum Gasteiger partial charge on any atom is -0.465 e. The third kappa shape index (κ3) is 5.17. The largest absolute Gasteiger partial charge is 0.465 e. The number of hydrogen-bond acceptors (Lipinski definition) is 7. The van der Waals surface area contributed by atoms with Crippen LogP contribution in [0, 0.1) is 0 Å².